The fourth-order valence-electron chi connectivity index (χ4n) is 1.07. The summed E-state index contributed by atoms with van der Waals surface area (Å²) in [7, 11) is 0. The number of hydrogen-bond donors (Lipinski definition) is 0. The fourth-order valence-corrected chi connectivity index (χ4v) is 3.40. The third-order valence-corrected chi connectivity index (χ3v) is 5.22. The molecule has 0 radical (unpaired) electrons. The molecule has 0 unspecified atom stereocenters. The zero-order valence-corrected chi connectivity index (χ0v) is 13.6. The summed E-state index contributed by atoms with van der Waals surface area (Å²) in [5.74, 6) is 0. The van der Waals surface area contributed by atoms with E-state index in [4.69, 9.17) is 13.6 Å². The number of unbranched alkanes of at least 4 members (excludes halogenated alkanes) is 3. The van der Waals surface area contributed by atoms with Crippen molar-refractivity contribution in [3.05, 3.63) is 0 Å². The van der Waals surface area contributed by atoms with Crippen molar-refractivity contribution in [2.45, 2.75) is 59.3 Å². The van der Waals surface area contributed by atoms with Gasteiger partial charge in [0.15, 0.2) is 0 Å². The molecule has 0 amide bonds. The molecule has 0 aromatic carbocycles. The first-order valence-corrected chi connectivity index (χ1v) is 9.89. The van der Waals surface area contributed by atoms with Crippen LogP contribution >= 0.6 is 6.15 Å². The second-order valence-corrected chi connectivity index (χ2v) is 7.77. The van der Waals surface area contributed by atoms with Gasteiger partial charge in [0.05, 0.1) is 0 Å². The predicted octanol–water partition coefficient (Wildman–Crippen LogP) is 4.66. The van der Waals surface area contributed by atoms with Crippen LogP contribution in [0.1, 0.15) is 59.3 Å². The van der Waals surface area contributed by atoms with Crippen LogP contribution < -0.4 is 0 Å². The van der Waals surface area contributed by atoms with Crippen LogP contribution in [0.5, 0.6) is 0 Å². The average molecular weight is 302 g/mol. The Morgan fingerprint density at radius 2 is 1.00 bits per heavy atom. The van der Waals surface area contributed by atoms with Gasteiger partial charge in [0.1, 0.15) is 0 Å². The summed E-state index contributed by atoms with van der Waals surface area (Å²) < 4.78 is 17.3. The SMILES string of the molecule is CCCCO[P](=[Cr])(OCCCC)OCCCC. The van der Waals surface area contributed by atoms with E-state index in [9.17, 15) is 0 Å². The van der Waals surface area contributed by atoms with Crippen LogP contribution in [0.25, 0.3) is 0 Å². The molecule has 0 spiro atoms. The van der Waals surface area contributed by atoms with Crippen molar-refractivity contribution >= 4 is 6.15 Å². The van der Waals surface area contributed by atoms with Gasteiger partial charge in [-0.1, -0.05) is 0 Å². The first-order valence-electron chi connectivity index (χ1n) is 6.72. The molecule has 5 heteroatoms. The van der Waals surface area contributed by atoms with E-state index in [1.54, 1.807) is 0 Å². The van der Waals surface area contributed by atoms with E-state index in [2.05, 4.69) is 36.1 Å². The van der Waals surface area contributed by atoms with E-state index < -0.39 is 6.15 Å². The Kier molecular flexibility index (Phi) is 12.5. The van der Waals surface area contributed by atoms with E-state index in [0.717, 1.165) is 58.3 Å². The van der Waals surface area contributed by atoms with Gasteiger partial charge in [-0.05, 0) is 0 Å². The van der Waals surface area contributed by atoms with Crippen LogP contribution in [0.2, 0.25) is 0 Å². The Morgan fingerprint density at radius 1 is 0.706 bits per heavy atom. The van der Waals surface area contributed by atoms with Gasteiger partial charge in [0.25, 0.3) is 0 Å². The van der Waals surface area contributed by atoms with Crippen molar-refractivity contribution < 1.29 is 28.9 Å². The van der Waals surface area contributed by atoms with Crippen molar-refractivity contribution in [1.82, 2.24) is 0 Å². The molecule has 0 saturated carbocycles. The molecule has 0 bridgehead atoms. The normalized spacial score (nSPS) is 11.9. The summed E-state index contributed by atoms with van der Waals surface area (Å²) in [5.41, 5.74) is 0. The van der Waals surface area contributed by atoms with Crippen molar-refractivity contribution in [3.63, 3.8) is 0 Å². The molecule has 3 nitrogen and oxygen atoms in total. The third-order valence-electron chi connectivity index (χ3n) is 2.24. The monoisotopic (exact) mass is 302 g/mol. The van der Waals surface area contributed by atoms with E-state index >= 15 is 0 Å². The first-order chi connectivity index (χ1) is 8.18. The van der Waals surface area contributed by atoms with Gasteiger partial charge in [-0.25, -0.2) is 0 Å². The molecule has 0 fully saturated rings. The predicted molar refractivity (Wildman–Crippen MR) is 69.5 cm³/mol. The van der Waals surface area contributed by atoms with E-state index in [0.29, 0.717) is 0 Å². The summed E-state index contributed by atoms with van der Waals surface area (Å²) in [5, 5.41) is 0. The second kappa shape index (κ2) is 11.9. The molecule has 0 N–H and O–H groups in total. The third kappa shape index (κ3) is 10.5. The van der Waals surface area contributed by atoms with Crippen LogP contribution in [0, 0.1) is 0 Å². The van der Waals surface area contributed by atoms with Gasteiger partial charge in [0, 0.05) is 0 Å². The Hall–Kier alpha value is 0.842. The summed E-state index contributed by atoms with van der Waals surface area (Å²) in [6.45, 7) is 8.61. The summed E-state index contributed by atoms with van der Waals surface area (Å²) in [6.07, 6.45) is 4.36. The minimum absolute atomic E-state index is 0.718. The topological polar surface area (TPSA) is 27.7 Å². The van der Waals surface area contributed by atoms with Crippen LogP contribution in [0.4, 0.5) is 0 Å². The number of rotatable bonds is 12. The molecular formula is C12H27CrO3P. The molecule has 0 atom stereocenters. The fraction of sp³-hybridized carbons (Fsp3) is 1.00. The Morgan fingerprint density at radius 3 is 1.24 bits per heavy atom. The molecule has 0 aromatic rings. The van der Waals surface area contributed by atoms with Crippen molar-refractivity contribution in [2.24, 2.45) is 0 Å². The van der Waals surface area contributed by atoms with Crippen molar-refractivity contribution in [1.29, 1.82) is 0 Å². The maximum atomic E-state index is 5.77. The molecule has 0 aliphatic carbocycles. The molecule has 0 saturated heterocycles. The van der Waals surface area contributed by atoms with Crippen molar-refractivity contribution in [3.8, 4) is 0 Å². The van der Waals surface area contributed by atoms with Gasteiger partial charge in [-0.15, -0.1) is 0 Å². The van der Waals surface area contributed by atoms with Crippen LogP contribution in [0.15, 0.2) is 0 Å². The molecule has 104 valence electrons. The summed E-state index contributed by atoms with van der Waals surface area (Å²) in [6, 6.07) is 0. The van der Waals surface area contributed by atoms with E-state index in [-0.39, 0.29) is 0 Å². The Labute approximate surface area is 114 Å². The second-order valence-electron chi connectivity index (χ2n) is 4.01. The Balaban J connectivity index is 4.00. The van der Waals surface area contributed by atoms with Gasteiger partial charge < -0.3 is 0 Å². The molecule has 0 heterocycles. The van der Waals surface area contributed by atoms with Crippen LogP contribution in [-0.4, -0.2) is 19.8 Å². The minimum atomic E-state index is -2.18. The van der Waals surface area contributed by atoms with Gasteiger partial charge in [-0.3, -0.25) is 0 Å². The molecule has 0 aliphatic heterocycles. The molecule has 0 rings (SSSR count). The van der Waals surface area contributed by atoms with E-state index in [1.165, 1.54) is 0 Å². The maximum absolute atomic E-state index is 5.77. The van der Waals surface area contributed by atoms with Crippen LogP contribution in [0.3, 0.4) is 0 Å². The van der Waals surface area contributed by atoms with Crippen molar-refractivity contribution in [2.75, 3.05) is 19.8 Å². The zero-order valence-electron chi connectivity index (χ0n) is 11.4. The quantitative estimate of drug-likeness (QED) is 0.387. The first kappa shape index (κ1) is 17.8. The summed E-state index contributed by atoms with van der Waals surface area (Å²) >= 11 is 3.01. The molecule has 0 aromatic heterocycles. The van der Waals surface area contributed by atoms with Gasteiger partial charge in [0.2, 0.25) is 0 Å². The number of hydrogen-bond acceptors (Lipinski definition) is 3. The molecular weight excluding hydrogens is 275 g/mol. The van der Waals surface area contributed by atoms with Gasteiger partial charge >= 0.3 is 114 Å². The van der Waals surface area contributed by atoms with Crippen LogP contribution in [-0.2, 0) is 28.9 Å². The average Bonchev–Trinajstić information content (AvgIpc) is 2.30. The van der Waals surface area contributed by atoms with Gasteiger partial charge in [-0.2, -0.15) is 0 Å². The molecule has 0 aliphatic rings. The summed E-state index contributed by atoms with van der Waals surface area (Å²) in [4.78, 5) is 0. The standard InChI is InChI=1S/C12H27O3P.Cr/c1-4-7-10-13-16(14-11-8-5-2)15-12-9-6-3;/h4-12H2,1-3H3;. The molecule has 17 heavy (non-hydrogen) atoms. The Bertz CT molecular complexity index is 179. The van der Waals surface area contributed by atoms with E-state index in [1.807, 2.05) is 0 Å². The zero-order chi connectivity index (χ0) is 13.0.